The van der Waals surface area contributed by atoms with Crippen molar-refractivity contribution in [2.75, 3.05) is 12.9 Å². The maximum atomic E-state index is 14.0. The Labute approximate surface area is 168 Å². The summed E-state index contributed by atoms with van der Waals surface area (Å²) >= 11 is 0. The van der Waals surface area contributed by atoms with Crippen LogP contribution in [-0.2, 0) is 9.84 Å². The normalized spacial score (nSPS) is 26.1. The first-order chi connectivity index (χ1) is 13.6. The van der Waals surface area contributed by atoms with Gasteiger partial charge in [-0.3, -0.25) is 0 Å². The molecule has 5 nitrogen and oxygen atoms in total. The fraction of sp³-hybridized carbons (Fsp3) is 0.476. The maximum Gasteiger partial charge on any atom is 0.248 e. The van der Waals surface area contributed by atoms with Gasteiger partial charge in [0.25, 0.3) is 0 Å². The third kappa shape index (κ3) is 4.52. The minimum Gasteiger partial charge on any atom is -0.493 e. The second kappa shape index (κ2) is 7.23. The maximum absolute atomic E-state index is 14.0. The summed E-state index contributed by atoms with van der Waals surface area (Å²) in [6.07, 6.45) is 2.64. The van der Waals surface area contributed by atoms with Crippen LogP contribution in [0, 0.1) is 18.8 Å². The Morgan fingerprint density at radius 1 is 1.28 bits per heavy atom. The molecule has 0 radical (unpaired) electrons. The van der Waals surface area contributed by atoms with E-state index < -0.39 is 26.9 Å². The van der Waals surface area contributed by atoms with E-state index in [4.69, 9.17) is 9.26 Å². The van der Waals surface area contributed by atoms with Crippen molar-refractivity contribution >= 4 is 9.84 Å². The van der Waals surface area contributed by atoms with E-state index >= 15 is 0 Å². The fourth-order valence-electron chi connectivity index (χ4n) is 4.10. The fourth-order valence-corrected chi connectivity index (χ4v) is 5.18. The molecule has 8 heteroatoms. The number of rotatable bonds is 6. The number of hydrogen-bond donors (Lipinski definition) is 0. The summed E-state index contributed by atoms with van der Waals surface area (Å²) in [5, 5.41) is 3.37. The Morgan fingerprint density at radius 2 is 2.00 bits per heavy atom. The Bertz CT molecular complexity index is 1030. The lowest BCUT2D eigenvalue weighted by Gasteiger charge is -2.35. The number of ether oxygens (including phenoxy) is 1. The summed E-state index contributed by atoms with van der Waals surface area (Å²) in [5.74, 6) is -2.05. The van der Waals surface area contributed by atoms with E-state index in [1.807, 2.05) is 25.1 Å². The van der Waals surface area contributed by atoms with Crippen LogP contribution in [0.25, 0.3) is 11.3 Å². The molecule has 1 unspecified atom stereocenters. The number of aromatic nitrogens is 1. The van der Waals surface area contributed by atoms with E-state index in [2.05, 4.69) is 5.16 Å². The van der Waals surface area contributed by atoms with Gasteiger partial charge in [0.15, 0.2) is 9.84 Å². The molecule has 1 aromatic heterocycles. The highest BCUT2D eigenvalue weighted by molar-refractivity contribution is 7.92. The van der Waals surface area contributed by atoms with Crippen LogP contribution in [0.5, 0.6) is 5.75 Å². The molecule has 156 valence electrons. The van der Waals surface area contributed by atoms with Crippen LogP contribution >= 0.6 is 0 Å². The Kier molecular flexibility index (Phi) is 5.01. The Hall–Kier alpha value is -2.22. The predicted octanol–water partition coefficient (Wildman–Crippen LogP) is 4.43. The van der Waals surface area contributed by atoms with Gasteiger partial charge in [0.2, 0.25) is 5.92 Å². The van der Waals surface area contributed by atoms with Crippen molar-refractivity contribution in [3.63, 3.8) is 0 Å². The minimum absolute atomic E-state index is 0.122. The Morgan fingerprint density at radius 3 is 2.59 bits per heavy atom. The number of aryl methyl sites for hydroxylation is 1. The summed E-state index contributed by atoms with van der Waals surface area (Å²) < 4.78 is 62.4. The molecule has 2 aliphatic rings. The molecule has 1 fully saturated rings. The molecule has 1 heterocycles. The SMILES string of the molecule is Cc1cc(-c2ccc(OCC3CC(F)(F)CC[C@@H]3C3=C[C@H]3S(C)(=O)=O)cc2)no1. The molecule has 0 spiro atoms. The van der Waals surface area contributed by atoms with Crippen LogP contribution in [0.2, 0.25) is 0 Å². The van der Waals surface area contributed by atoms with Gasteiger partial charge in [0, 0.05) is 36.6 Å². The lowest BCUT2D eigenvalue weighted by atomic mass is 9.76. The molecular weight excluding hydrogens is 400 g/mol. The van der Waals surface area contributed by atoms with Crippen LogP contribution in [0.15, 0.2) is 46.5 Å². The van der Waals surface area contributed by atoms with Crippen molar-refractivity contribution in [2.24, 2.45) is 11.8 Å². The third-order valence-corrected chi connectivity index (χ3v) is 6.98. The summed E-state index contributed by atoms with van der Waals surface area (Å²) in [6, 6.07) is 9.04. The molecule has 1 saturated carbocycles. The van der Waals surface area contributed by atoms with Gasteiger partial charge >= 0.3 is 0 Å². The highest BCUT2D eigenvalue weighted by atomic mass is 32.2. The molecular formula is C21H23F2NO4S. The predicted molar refractivity (Wildman–Crippen MR) is 105 cm³/mol. The molecule has 0 saturated heterocycles. The van der Waals surface area contributed by atoms with Crippen LogP contribution in [0.4, 0.5) is 8.78 Å². The van der Waals surface area contributed by atoms with Crippen molar-refractivity contribution < 1.29 is 26.5 Å². The van der Waals surface area contributed by atoms with Gasteiger partial charge < -0.3 is 9.26 Å². The lowest BCUT2D eigenvalue weighted by molar-refractivity contribution is -0.0708. The van der Waals surface area contributed by atoms with Gasteiger partial charge in [-0.2, -0.15) is 0 Å². The standard InChI is InChI=1S/C21H23F2NO4S/c1-13-9-19(24-28-13)14-3-5-16(6-4-14)27-12-15-11-21(22,23)8-7-17(15)18-10-20(18)29(2,25)26/h3-6,9-10,15,17,20H,7-8,11-12H2,1-2H3/t15?,17-,20+/m0/s1. The zero-order valence-corrected chi connectivity index (χ0v) is 17.1. The van der Waals surface area contributed by atoms with Gasteiger partial charge in [0.1, 0.15) is 22.5 Å². The number of benzene rings is 1. The molecule has 0 bridgehead atoms. The average molecular weight is 423 g/mol. The quantitative estimate of drug-likeness (QED) is 0.643. The van der Waals surface area contributed by atoms with Gasteiger partial charge in [-0.15, -0.1) is 0 Å². The zero-order valence-electron chi connectivity index (χ0n) is 16.3. The molecule has 4 rings (SSSR count). The topological polar surface area (TPSA) is 69.4 Å². The van der Waals surface area contributed by atoms with Crippen LogP contribution in [0.3, 0.4) is 0 Å². The second-order valence-corrected chi connectivity index (χ2v) is 10.2. The molecule has 2 aliphatic carbocycles. The molecule has 2 aromatic rings. The zero-order chi connectivity index (χ0) is 20.8. The van der Waals surface area contributed by atoms with E-state index in [1.165, 1.54) is 6.26 Å². The summed E-state index contributed by atoms with van der Waals surface area (Å²) in [5.41, 5.74) is 2.36. The largest absolute Gasteiger partial charge is 0.493 e. The van der Waals surface area contributed by atoms with Crippen LogP contribution in [0.1, 0.15) is 25.0 Å². The molecule has 3 atom stereocenters. The smallest absolute Gasteiger partial charge is 0.248 e. The number of alkyl halides is 2. The highest BCUT2D eigenvalue weighted by Gasteiger charge is 2.48. The van der Waals surface area contributed by atoms with Gasteiger partial charge in [0.05, 0.1) is 6.61 Å². The number of hydrogen-bond acceptors (Lipinski definition) is 5. The van der Waals surface area contributed by atoms with Crippen LogP contribution < -0.4 is 4.74 Å². The number of nitrogens with zero attached hydrogens (tertiary/aromatic N) is 1. The average Bonchev–Trinajstić information content (AvgIpc) is 3.34. The van der Waals surface area contributed by atoms with Crippen molar-refractivity contribution in [1.29, 1.82) is 0 Å². The second-order valence-electron chi connectivity index (χ2n) is 8.04. The van der Waals surface area contributed by atoms with E-state index in [1.54, 1.807) is 18.2 Å². The molecule has 1 aromatic carbocycles. The van der Waals surface area contributed by atoms with E-state index in [0.29, 0.717) is 17.2 Å². The van der Waals surface area contributed by atoms with E-state index in [9.17, 15) is 17.2 Å². The van der Waals surface area contributed by atoms with Crippen molar-refractivity contribution in [1.82, 2.24) is 5.16 Å². The van der Waals surface area contributed by atoms with E-state index in [0.717, 1.165) is 11.1 Å². The number of halogens is 2. The first kappa shape index (κ1) is 20.1. The molecule has 0 amide bonds. The van der Waals surface area contributed by atoms with Crippen molar-refractivity contribution in [3.05, 3.63) is 47.7 Å². The summed E-state index contributed by atoms with van der Waals surface area (Å²) in [7, 11) is -3.21. The Balaban J connectivity index is 1.43. The molecule has 0 aliphatic heterocycles. The van der Waals surface area contributed by atoms with Crippen LogP contribution in [-0.4, -0.2) is 37.6 Å². The van der Waals surface area contributed by atoms with Gasteiger partial charge in [-0.1, -0.05) is 11.2 Å². The summed E-state index contributed by atoms with van der Waals surface area (Å²) in [6.45, 7) is 1.94. The monoisotopic (exact) mass is 423 g/mol. The van der Waals surface area contributed by atoms with Gasteiger partial charge in [-0.05, 0) is 49.1 Å². The molecule has 29 heavy (non-hydrogen) atoms. The first-order valence-corrected chi connectivity index (χ1v) is 11.5. The van der Waals surface area contributed by atoms with Crippen molar-refractivity contribution in [2.45, 2.75) is 37.4 Å². The minimum atomic E-state index is -3.21. The lowest BCUT2D eigenvalue weighted by Crippen LogP contribution is -2.36. The van der Waals surface area contributed by atoms with E-state index in [-0.39, 0.29) is 31.8 Å². The van der Waals surface area contributed by atoms with Crippen molar-refractivity contribution in [3.8, 4) is 17.0 Å². The third-order valence-electron chi connectivity index (χ3n) is 5.65. The first-order valence-electron chi connectivity index (χ1n) is 9.57. The number of sulfone groups is 1. The van der Waals surface area contributed by atoms with Gasteiger partial charge in [-0.25, -0.2) is 17.2 Å². The highest BCUT2D eigenvalue weighted by Crippen LogP contribution is 2.48. The molecule has 0 N–H and O–H groups in total. The summed E-state index contributed by atoms with van der Waals surface area (Å²) in [4.78, 5) is 0.